The first-order valence-electron chi connectivity index (χ1n) is 21.8. The van der Waals surface area contributed by atoms with E-state index in [9.17, 15) is 0 Å². The van der Waals surface area contributed by atoms with Crippen molar-refractivity contribution in [2.45, 2.75) is 41.5 Å². The number of aromatic nitrogens is 4. The molecule has 0 atom stereocenters. The Hall–Kier alpha value is -7.24. The molecule has 5 heteroatoms. The number of hydrogen-bond acceptors (Lipinski definition) is 4. The SMILES string of the molecule is Cc1ccc(-c2[c-]c(-c3ccc(C)cc3C)nc(-c3ccc(C)cc3C)n2)c(C)c1.[V].c1ccc(-c2ccc(-c3cc(-c4cccc5ccccc45)nc(-c4ccccc4)n3)cc2)cc1. The molecule has 4 nitrogen and oxygen atoms in total. The van der Waals surface area contributed by atoms with Crippen LogP contribution in [0.25, 0.3) is 89.7 Å². The largest absolute Gasteiger partial charge is 0.255 e. The molecule has 0 bridgehead atoms. The van der Waals surface area contributed by atoms with E-state index in [2.05, 4.69) is 211 Å². The monoisotopic (exact) mass is 876 g/mol. The van der Waals surface area contributed by atoms with Gasteiger partial charge in [-0.1, -0.05) is 223 Å². The molecule has 2 aromatic heterocycles. The van der Waals surface area contributed by atoms with Crippen LogP contribution in [0.5, 0.6) is 0 Å². The average molecular weight is 877 g/mol. The number of aryl methyl sites for hydroxylation is 6. The third kappa shape index (κ3) is 9.96. The third-order valence-corrected chi connectivity index (χ3v) is 11.7. The molecule has 0 N–H and O–H groups in total. The van der Waals surface area contributed by atoms with Crippen LogP contribution >= 0.6 is 0 Å². The molecule has 8 aromatic carbocycles. The van der Waals surface area contributed by atoms with E-state index >= 15 is 0 Å². The number of benzene rings is 8. The van der Waals surface area contributed by atoms with Gasteiger partial charge in [-0.25, -0.2) is 9.97 Å². The zero-order valence-corrected chi connectivity index (χ0v) is 39.0. The maximum Gasteiger partial charge on any atom is 0.160 e. The Labute approximate surface area is 395 Å². The summed E-state index contributed by atoms with van der Waals surface area (Å²) in [5, 5.41) is 2.39. The first-order valence-corrected chi connectivity index (χ1v) is 21.8. The van der Waals surface area contributed by atoms with Crippen LogP contribution in [0.2, 0.25) is 0 Å². The van der Waals surface area contributed by atoms with E-state index in [-0.39, 0.29) is 18.6 Å². The van der Waals surface area contributed by atoms with Gasteiger partial charge in [0, 0.05) is 40.8 Å². The fraction of sp³-hybridized carbons (Fsp3) is 0.100. The number of nitrogens with zero attached hydrogens (tertiary/aromatic N) is 4. The maximum atomic E-state index is 5.00. The molecule has 0 aliphatic carbocycles. The maximum absolute atomic E-state index is 5.00. The predicted molar refractivity (Wildman–Crippen MR) is 267 cm³/mol. The molecule has 1 radical (unpaired) electrons. The molecule has 0 amide bonds. The van der Waals surface area contributed by atoms with Crippen molar-refractivity contribution >= 4 is 10.8 Å². The van der Waals surface area contributed by atoms with Gasteiger partial charge in [0.25, 0.3) is 0 Å². The van der Waals surface area contributed by atoms with Gasteiger partial charge in [-0.2, -0.15) is 0 Å². The summed E-state index contributed by atoms with van der Waals surface area (Å²) in [5.41, 5.74) is 19.7. The summed E-state index contributed by atoms with van der Waals surface area (Å²) < 4.78 is 0. The van der Waals surface area contributed by atoms with Crippen molar-refractivity contribution in [1.82, 2.24) is 19.9 Å². The molecule has 0 aliphatic heterocycles. The summed E-state index contributed by atoms with van der Waals surface area (Å²) in [6.45, 7) is 12.7. The molecule has 2 heterocycles. The zero-order valence-electron chi connectivity index (χ0n) is 37.6. The van der Waals surface area contributed by atoms with Crippen LogP contribution in [0.1, 0.15) is 33.4 Å². The zero-order chi connectivity index (χ0) is 44.2. The molecule has 0 saturated carbocycles. The Kier molecular flexibility index (Phi) is 13.4. The van der Waals surface area contributed by atoms with E-state index in [1.165, 1.54) is 55.3 Å². The Balaban J connectivity index is 0.000000176. The molecule has 0 fully saturated rings. The first-order chi connectivity index (χ1) is 31.2. The van der Waals surface area contributed by atoms with Crippen LogP contribution < -0.4 is 0 Å². The second-order valence-corrected chi connectivity index (χ2v) is 16.6. The van der Waals surface area contributed by atoms with Crippen molar-refractivity contribution in [2.24, 2.45) is 0 Å². The fourth-order valence-corrected chi connectivity index (χ4v) is 8.37. The van der Waals surface area contributed by atoms with E-state index in [4.69, 9.17) is 19.9 Å². The summed E-state index contributed by atoms with van der Waals surface area (Å²) in [6, 6.07) is 69.0. The van der Waals surface area contributed by atoms with Gasteiger partial charge in [-0.3, -0.25) is 9.97 Å². The van der Waals surface area contributed by atoms with Crippen LogP contribution in [0.15, 0.2) is 188 Å². The Bertz CT molecular complexity index is 3100. The molecular weight excluding hydrogens is 828 g/mol. The van der Waals surface area contributed by atoms with Crippen molar-refractivity contribution in [3.05, 3.63) is 228 Å². The van der Waals surface area contributed by atoms with Gasteiger partial charge in [0.05, 0.1) is 11.4 Å². The standard InChI is InChI=1S/C32H22N2.C28H27N2.V/c1-3-10-23(11-4-1)24-18-20-26(21-19-24)30-22-31(34-32(33-30)27-13-5-2-6-14-27)29-17-9-15-25-12-7-8-16-28(25)29;1-17-7-10-23(20(4)13-17)26-16-27(24-11-8-18(2)14-21(24)5)30-28(29-26)25-12-9-19(3)15-22(25)6;/h1-22H;7-15H,1-6H3;/q;-1;. The minimum atomic E-state index is 0. The van der Waals surface area contributed by atoms with Gasteiger partial charge in [-0.15, -0.1) is 18.2 Å². The van der Waals surface area contributed by atoms with Crippen molar-refractivity contribution < 1.29 is 18.6 Å². The quantitative estimate of drug-likeness (QED) is 0.150. The molecule has 0 aliphatic rings. The minimum Gasteiger partial charge on any atom is -0.255 e. The molecule has 10 rings (SSSR count). The number of hydrogen-bond donors (Lipinski definition) is 0. The van der Waals surface area contributed by atoms with Gasteiger partial charge in [0.2, 0.25) is 0 Å². The van der Waals surface area contributed by atoms with Crippen LogP contribution in [0.4, 0.5) is 0 Å². The summed E-state index contributed by atoms with van der Waals surface area (Å²) in [6.07, 6.45) is 0. The Morgan fingerprint density at radius 1 is 0.323 bits per heavy atom. The molecule has 0 saturated heterocycles. The minimum absolute atomic E-state index is 0. The normalized spacial score (nSPS) is 10.8. The van der Waals surface area contributed by atoms with E-state index in [1.54, 1.807) is 0 Å². The van der Waals surface area contributed by atoms with E-state index in [0.29, 0.717) is 0 Å². The molecule has 10 aromatic rings. The second-order valence-electron chi connectivity index (χ2n) is 16.6. The average Bonchev–Trinajstić information content (AvgIpc) is 3.32. The molecule has 0 spiro atoms. The Morgan fingerprint density at radius 2 is 0.785 bits per heavy atom. The summed E-state index contributed by atoms with van der Waals surface area (Å²) in [4.78, 5) is 19.9. The van der Waals surface area contributed by atoms with E-state index in [1.807, 2.05) is 24.3 Å². The van der Waals surface area contributed by atoms with Gasteiger partial charge < -0.3 is 0 Å². The van der Waals surface area contributed by atoms with Crippen LogP contribution in [-0.4, -0.2) is 19.9 Å². The number of rotatable bonds is 7. The van der Waals surface area contributed by atoms with Crippen molar-refractivity contribution in [3.8, 4) is 78.9 Å². The molecule has 65 heavy (non-hydrogen) atoms. The van der Waals surface area contributed by atoms with Gasteiger partial charge >= 0.3 is 0 Å². The molecule has 315 valence electrons. The van der Waals surface area contributed by atoms with Crippen LogP contribution in [0, 0.1) is 47.6 Å². The second kappa shape index (κ2) is 19.7. The van der Waals surface area contributed by atoms with Crippen molar-refractivity contribution in [2.75, 3.05) is 0 Å². The fourth-order valence-electron chi connectivity index (χ4n) is 8.37. The van der Waals surface area contributed by atoms with Crippen molar-refractivity contribution in [3.63, 3.8) is 0 Å². The van der Waals surface area contributed by atoms with Gasteiger partial charge in [-0.05, 0) is 72.6 Å². The first kappa shape index (κ1) is 44.4. The van der Waals surface area contributed by atoms with E-state index < -0.39 is 0 Å². The van der Waals surface area contributed by atoms with Crippen molar-refractivity contribution in [1.29, 1.82) is 0 Å². The van der Waals surface area contributed by atoms with Crippen LogP contribution in [-0.2, 0) is 18.6 Å². The summed E-state index contributed by atoms with van der Waals surface area (Å²) in [5.74, 6) is 1.48. The Morgan fingerprint density at radius 3 is 1.35 bits per heavy atom. The smallest absolute Gasteiger partial charge is 0.160 e. The third-order valence-electron chi connectivity index (χ3n) is 11.7. The summed E-state index contributed by atoms with van der Waals surface area (Å²) >= 11 is 0. The predicted octanol–water partition coefficient (Wildman–Crippen LogP) is 15.4. The number of fused-ring (bicyclic) bond motifs is 1. The summed E-state index contributed by atoms with van der Waals surface area (Å²) in [7, 11) is 0. The molecular formula is C60H49N4V-. The molecule has 0 unspecified atom stereocenters. The van der Waals surface area contributed by atoms with E-state index in [0.717, 1.165) is 67.8 Å². The van der Waals surface area contributed by atoms with Crippen LogP contribution in [0.3, 0.4) is 0 Å². The van der Waals surface area contributed by atoms with Gasteiger partial charge in [0.1, 0.15) is 0 Å². The topological polar surface area (TPSA) is 51.6 Å². The van der Waals surface area contributed by atoms with Gasteiger partial charge in [0.15, 0.2) is 11.6 Å².